The monoisotopic (exact) mass is 407 g/mol. The molecule has 0 saturated carbocycles. The minimum atomic E-state index is -0.448. The number of nitrogens with one attached hydrogen (secondary N) is 1. The summed E-state index contributed by atoms with van der Waals surface area (Å²) in [6.07, 6.45) is 4.31. The summed E-state index contributed by atoms with van der Waals surface area (Å²) in [6, 6.07) is 12.9. The summed E-state index contributed by atoms with van der Waals surface area (Å²) in [5, 5.41) is 11.3. The van der Waals surface area contributed by atoms with Crippen LogP contribution in [0.1, 0.15) is 30.7 Å². The number of rotatable bonds is 8. The highest BCUT2D eigenvalue weighted by Crippen LogP contribution is 2.26. The van der Waals surface area contributed by atoms with Crippen LogP contribution in [-0.2, 0) is 22.6 Å². The van der Waals surface area contributed by atoms with Crippen LogP contribution in [0.15, 0.2) is 48.7 Å². The van der Waals surface area contributed by atoms with Crippen LogP contribution >= 0.6 is 0 Å². The van der Waals surface area contributed by atoms with E-state index in [4.69, 9.17) is 4.74 Å². The van der Waals surface area contributed by atoms with Gasteiger partial charge in [-0.05, 0) is 31.0 Å². The number of hydrogen-bond donors (Lipinski definition) is 1. The number of carbonyl (C=O) groups is 2. The van der Waals surface area contributed by atoms with E-state index >= 15 is 0 Å². The van der Waals surface area contributed by atoms with Gasteiger partial charge in [0, 0.05) is 31.1 Å². The molecule has 8 heteroatoms. The fraction of sp³-hybridized carbons (Fsp3) is 0.364. The molecule has 0 aliphatic carbocycles. The van der Waals surface area contributed by atoms with Crippen molar-refractivity contribution < 1.29 is 14.3 Å². The number of methoxy groups -OCH3 is 1. The van der Waals surface area contributed by atoms with Gasteiger partial charge in [0.2, 0.25) is 11.8 Å². The molecule has 1 N–H and O–H groups in total. The van der Waals surface area contributed by atoms with Crippen LogP contribution in [0, 0.1) is 0 Å². The lowest BCUT2D eigenvalue weighted by atomic mass is 10.1. The normalized spacial score (nSPS) is 16.2. The number of hydrogen-bond acceptors (Lipinski definition) is 5. The van der Waals surface area contributed by atoms with Crippen molar-refractivity contribution in [2.45, 2.75) is 38.3 Å². The molecule has 1 aromatic carbocycles. The van der Waals surface area contributed by atoms with Crippen LogP contribution in [0.3, 0.4) is 0 Å². The average Bonchev–Trinajstić information content (AvgIpc) is 3.35. The number of carbonyl (C=O) groups excluding carboxylic acids is 2. The molecule has 8 nitrogen and oxygen atoms in total. The van der Waals surface area contributed by atoms with Crippen molar-refractivity contribution in [1.82, 2.24) is 24.8 Å². The first-order valence-electron chi connectivity index (χ1n) is 10.1. The predicted molar refractivity (Wildman–Crippen MR) is 111 cm³/mol. The van der Waals surface area contributed by atoms with Gasteiger partial charge in [0.25, 0.3) is 0 Å². The van der Waals surface area contributed by atoms with Gasteiger partial charge in [-0.2, -0.15) is 0 Å². The lowest BCUT2D eigenvalue weighted by Gasteiger charge is -2.25. The van der Waals surface area contributed by atoms with Gasteiger partial charge in [-0.3, -0.25) is 14.0 Å². The molecule has 1 saturated heterocycles. The maximum atomic E-state index is 12.8. The molecule has 1 atom stereocenters. The van der Waals surface area contributed by atoms with Crippen molar-refractivity contribution in [1.29, 1.82) is 0 Å². The van der Waals surface area contributed by atoms with Crippen molar-refractivity contribution in [2.75, 3.05) is 13.7 Å². The zero-order valence-corrected chi connectivity index (χ0v) is 17.0. The number of aromatic nitrogens is 3. The van der Waals surface area contributed by atoms with Crippen molar-refractivity contribution in [2.24, 2.45) is 0 Å². The van der Waals surface area contributed by atoms with Crippen LogP contribution in [-0.4, -0.2) is 51.0 Å². The molecule has 30 heavy (non-hydrogen) atoms. The molecule has 3 heterocycles. The molecule has 1 fully saturated rings. The molecule has 0 spiro atoms. The number of fused-ring (bicyclic) bond motifs is 1. The predicted octanol–water partition coefficient (Wildman–Crippen LogP) is 1.98. The summed E-state index contributed by atoms with van der Waals surface area (Å²) in [6.45, 7) is 0.889. The summed E-state index contributed by atoms with van der Waals surface area (Å²) >= 11 is 0. The van der Waals surface area contributed by atoms with Crippen LogP contribution in [0.5, 0.6) is 5.75 Å². The molecule has 2 amide bonds. The third-order valence-corrected chi connectivity index (χ3v) is 5.42. The van der Waals surface area contributed by atoms with Crippen LogP contribution in [0.2, 0.25) is 0 Å². The molecule has 1 aliphatic heterocycles. The quantitative estimate of drug-likeness (QED) is 0.577. The highest BCUT2D eigenvalue weighted by molar-refractivity contribution is 5.90. The van der Waals surface area contributed by atoms with E-state index in [1.807, 2.05) is 53.1 Å². The van der Waals surface area contributed by atoms with Crippen LogP contribution in [0.4, 0.5) is 0 Å². The molecule has 1 aliphatic rings. The van der Waals surface area contributed by atoms with E-state index in [-0.39, 0.29) is 11.8 Å². The number of aryl methyl sites for hydroxylation is 1. The number of para-hydroxylation sites is 1. The number of nitrogens with zero attached hydrogens (tertiary/aromatic N) is 4. The van der Waals surface area contributed by atoms with Gasteiger partial charge in [0.1, 0.15) is 17.6 Å². The second kappa shape index (κ2) is 8.94. The van der Waals surface area contributed by atoms with E-state index in [9.17, 15) is 9.59 Å². The van der Waals surface area contributed by atoms with Crippen molar-refractivity contribution in [3.63, 3.8) is 0 Å². The summed E-state index contributed by atoms with van der Waals surface area (Å²) < 4.78 is 7.33. The minimum absolute atomic E-state index is 0.00372. The van der Waals surface area contributed by atoms with Crippen molar-refractivity contribution >= 4 is 17.5 Å². The highest BCUT2D eigenvalue weighted by atomic mass is 16.5. The Kier molecular flexibility index (Phi) is 5.92. The smallest absolute Gasteiger partial charge is 0.242 e. The van der Waals surface area contributed by atoms with Gasteiger partial charge in [-0.25, -0.2) is 0 Å². The Morgan fingerprint density at radius 1 is 1.20 bits per heavy atom. The number of benzene rings is 1. The number of amides is 2. The molecule has 0 bridgehead atoms. The van der Waals surface area contributed by atoms with Crippen molar-refractivity contribution in [3.05, 3.63) is 60.0 Å². The second-order valence-electron chi connectivity index (χ2n) is 7.33. The maximum absolute atomic E-state index is 12.8. The Labute approximate surface area is 174 Å². The van der Waals surface area contributed by atoms with E-state index in [2.05, 4.69) is 15.5 Å². The first-order valence-corrected chi connectivity index (χ1v) is 10.1. The molecule has 156 valence electrons. The van der Waals surface area contributed by atoms with Gasteiger partial charge < -0.3 is 15.0 Å². The van der Waals surface area contributed by atoms with Crippen molar-refractivity contribution in [3.8, 4) is 5.75 Å². The molecular formula is C22H25N5O3. The summed E-state index contributed by atoms with van der Waals surface area (Å²) in [5.74, 6) is 1.48. The Hall–Kier alpha value is -3.42. The fourth-order valence-electron chi connectivity index (χ4n) is 3.86. The third-order valence-electron chi connectivity index (χ3n) is 5.42. The highest BCUT2D eigenvalue weighted by Gasteiger charge is 2.36. The zero-order chi connectivity index (χ0) is 20.9. The molecule has 1 unspecified atom stereocenters. The summed E-state index contributed by atoms with van der Waals surface area (Å²) in [4.78, 5) is 26.8. The summed E-state index contributed by atoms with van der Waals surface area (Å²) in [5.41, 5.74) is 1.71. The molecule has 3 aromatic rings. The fourth-order valence-corrected chi connectivity index (χ4v) is 3.86. The first-order chi connectivity index (χ1) is 14.7. The van der Waals surface area contributed by atoms with E-state index in [1.54, 1.807) is 12.0 Å². The number of pyridine rings is 1. The van der Waals surface area contributed by atoms with Crippen LogP contribution < -0.4 is 10.1 Å². The van der Waals surface area contributed by atoms with Gasteiger partial charge in [-0.15, -0.1) is 10.2 Å². The Morgan fingerprint density at radius 3 is 2.90 bits per heavy atom. The SMILES string of the molecule is COc1ccccc1CN1C(=O)CCC1C(=O)NCCCc1nnc2ccccn12. The topological polar surface area (TPSA) is 88.8 Å². The molecule has 2 aromatic heterocycles. The molecule has 4 rings (SSSR count). The van der Waals surface area contributed by atoms with E-state index < -0.39 is 6.04 Å². The number of likely N-dealkylation sites (tertiary alicyclic amines) is 1. The summed E-state index contributed by atoms with van der Waals surface area (Å²) in [7, 11) is 1.60. The van der Waals surface area contributed by atoms with Gasteiger partial charge in [0.05, 0.1) is 13.7 Å². The van der Waals surface area contributed by atoms with Gasteiger partial charge in [-0.1, -0.05) is 24.3 Å². The minimum Gasteiger partial charge on any atom is -0.496 e. The average molecular weight is 407 g/mol. The molecular weight excluding hydrogens is 382 g/mol. The zero-order valence-electron chi connectivity index (χ0n) is 17.0. The van der Waals surface area contributed by atoms with Gasteiger partial charge in [0.15, 0.2) is 5.65 Å². The molecule has 0 radical (unpaired) electrons. The Bertz CT molecular complexity index is 1050. The second-order valence-corrected chi connectivity index (χ2v) is 7.33. The van der Waals surface area contributed by atoms with E-state index in [0.29, 0.717) is 32.4 Å². The Balaban J connectivity index is 1.32. The first kappa shape index (κ1) is 19.9. The van der Waals surface area contributed by atoms with E-state index in [0.717, 1.165) is 29.2 Å². The maximum Gasteiger partial charge on any atom is 0.242 e. The van der Waals surface area contributed by atoms with Gasteiger partial charge >= 0.3 is 0 Å². The largest absolute Gasteiger partial charge is 0.496 e. The standard InChI is InChI=1S/C22H25N5O3/c1-30-18-8-3-2-7-16(18)15-27-17(11-12-21(27)28)22(29)23-13-6-10-20-25-24-19-9-4-5-14-26(19)20/h2-5,7-9,14,17H,6,10-13,15H2,1H3,(H,23,29). The lowest BCUT2D eigenvalue weighted by Crippen LogP contribution is -2.44. The third kappa shape index (κ3) is 4.12. The Morgan fingerprint density at radius 2 is 2.03 bits per heavy atom. The lowest BCUT2D eigenvalue weighted by molar-refractivity contribution is -0.135. The number of ether oxygens (including phenoxy) is 1. The van der Waals surface area contributed by atoms with Crippen LogP contribution in [0.25, 0.3) is 5.65 Å². The van der Waals surface area contributed by atoms with E-state index in [1.165, 1.54) is 0 Å².